The number of nitrogens with zero attached hydrogens (tertiary/aromatic N) is 2. The molecule has 1 unspecified atom stereocenters. The van der Waals surface area contributed by atoms with Gasteiger partial charge in [-0.3, -0.25) is 4.79 Å². The summed E-state index contributed by atoms with van der Waals surface area (Å²) in [7, 11) is -3.64. The third-order valence-corrected chi connectivity index (χ3v) is 33.6. The van der Waals surface area contributed by atoms with Gasteiger partial charge in [0, 0.05) is 18.0 Å². The zero-order chi connectivity index (χ0) is 103. The number of rotatable bonds is 33. The molecule has 0 spiro atoms. The Kier molecular flexibility index (Phi) is 50.4. The fraction of sp³-hybridized carbons (Fsp3) is 0.288. The largest absolute Gasteiger partial charge is 0.166 e. The zero-order valence-electron chi connectivity index (χ0n) is 82.4. The van der Waals surface area contributed by atoms with Gasteiger partial charge in [-0.25, -0.2) is 17.6 Å². The minimum Gasteiger partial charge on any atom is -0.0619 e. The number of aromatic carboxylic acids is 2. The Morgan fingerprint density at radius 3 is 1.04 bits per heavy atom. The number of benzene rings is 13. The fourth-order valence-electron chi connectivity index (χ4n) is 17.0. The standard InChI is InChI=1S/3C18H15S.C17H26O4.C16H36N.C13H10IO2.C7H6FNO2.C7H6O3.C4H9NO4S/c3*1-4-10-16(11-5-1)19(17-12-6-2-7-13-17)18-14-8-3-9-15-18;1-10(2)14(6-15(18)19)21-16(20)17-7-11-3-12(8-17)5-13(4-11)9-17;1-5-9-13-17(14-10-6-2,15-11-7-3)16-12-8-4;15-13(16)11-8-4-5-9-12(11)14-10-6-2-1-3-7-10;8-5-3-4(7(10)11)1-2-6(5)9;8-6-4-2-1-3-5(6)7(9)10;1-3-9-4(6)5-10(2,7)8/h3*1-15H;10-14H,3-9H2,1-2H3,(H,18,19);5-16H2,1-4H3;1-9H,(H,15,16);1-3H,9H2,(H,10,11);1-4,8H,(H,9,10);3H2,1-2H3,(H,5,6)/q3*+1;;+1;-1;;;/p-3. The van der Waals surface area contributed by atoms with Crippen LogP contribution in [0.4, 0.5) is 10.1 Å². The van der Waals surface area contributed by atoms with Crippen LogP contribution in [0.2, 0.25) is 0 Å². The number of quaternary nitrogens is 1. The van der Waals surface area contributed by atoms with Crippen molar-refractivity contribution in [2.75, 3.05) is 44.8 Å². The van der Waals surface area contributed by atoms with Crippen molar-refractivity contribution in [1.82, 2.24) is 0 Å². The Balaban J connectivity index is 0.000000198. The molecule has 17 rings (SSSR count). The number of unbranched alkanes of at least 4 members (excludes halogenated alkanes) is 4. The van der Waals surface area contributed by atoms with Crippen molar-refractivity contribution in [2.24, 2.45) is 33.5 Å². The zero-order valence-corrected chi connectivity index (χ0v) is 87.8. The molecule has 0 saturated heterocycles. The number of nitrogen functional groups attached to an aromatic ring is 1. The first-order valence-electron chi connectivity index (χ1n) is 48.4. The molecule has 13 aromatic carbocycles. The van der Waals surface area contributed by atoms with Crippen LogP contribution in [0, 0.1) is 42.0 Å². The van der Waals surface area contributed by atoms with E-state index in [-0.39, 0.29) is 101 Å². The molecule has 24 heteroatoms. The van der Waals surface area contributed by atoms with E-state index < -0.39 is 57.7 Å². The van der Waals surface area contributed by atoms with Gasteiger partial charge in [0.1, 0.15) is 11.9 Å². The summed E-state index contributed by atoms with van der Waals surface area (Å²) < 4.78 is 49.3. The van der Waals surface area contributed by atoms with Crippen molar-refractivity contribution in [3.05, 3.63) is 400 Å². The van der Waals surface area contributed by atoms with Gasteiger partial charge in [0.15, 0.2) is 50.1 Å². The Morgan fingerprint density at radius 1 is 0.472 bits per heavy atom. The SMILES string of the molecule is CC(C)C(CC(=O)[O-])OC(=O)C12CC3CC(CC(C3)C1)C2.CCCC[N+](CCCC)(CCCC)CCCC.CCOC([O-])=NS(C)(=O)=O.Nc1ccc(C(=O)[O-])cc1F.O=C(O)c1ccccc1[O-].O=C([OH2+])c1ccccc1[I-]c1ccccc1.c1ccc([S+](c2ccccc2)c2ccccc2)cc1.c1ccc([S+](c2ccccc2)c2ccccc2)cc1.c1ccc([S+](c2ccccc2)c2ccccc2)cc1. The van der Waals surface area contributed by atoms with E-state index in [0.29, 0.717) is 23.3 Å². The van der Waals surface area contributed by atoms with Crippen LogP contribution in [0.5, 0.6) is 5.75 Å². The summed E-state index contributed by atoms with van der Waals surface area (Å²) in [5, 5.41) is 57.5. The molecule has 142 heavy (non-hydrogen) atoms. The van der Waals surface area contributed by atoms with Crippen LogP contribution in [-0.2, 0) is 61.8 Å². The maximum Gasteiger partial charge on any atom is 0.166 e. The van der Waals surface area contributed by atoms with Crippen LogP contribution >= 0.6 is 0 Å². The minimum absolute atomic E-state index is 0.000706. The number of halogens is 2. The molecule has 18 nitrogen and oxygen atoms in total. The van der Waals surface area contributed by atoms with Gasteiger partial charge in [-0.1, -0.05) is 268 Å². The van der Waals surface area contributed by atoms with Gasteiger partial charge >= 0.3 is 116 Å². The molecule has 0 aromatic heterocycles. The number of sulfonamides is 1. The molecule has 5 N–H and O–H groups in total. The number of anilines is 1. The van der Waals surface area contributed by atoms with Gasteiger partial charge in [-0.05, 0) is 222 Å². The summed E-state index contributed by atoms with van der Waals surface area (Å²) in [5.74, 6) is -3.61. The third kappa shape index (κ3) is 39.5. The number of carboxylic acid groups (broad SMARTS) is 3. The quantitative estimate of drug-likeness (QED) is 0.00734. The normalized spacial score (nSPS) is 14.9. The number of hydrogen-bond donors (Lipinski definition) is 2. The maximum absolute atomic E-state index is 12.8. The molecule has 0 amide bonds. The molecule has 1 atom stereocenters. The van der Waals surface area contributed by atoms with Gasteiger partial charge in [-0.15, -0.1) is 4.40 Å². The molecule has 0 heterocycles. The predicted octanol–water partition coefficient (Wildman–Crippen LogP) is 18.9. The summed E-state index contributed by atoms with van der Waals surface area (Å²) in [5.41, 5.74) is 4.87. The predicted molar refractivity (Wildman–Crippen MR) is 559 cm³/mol. The molecule has 4 aliphatic carbocycles. The van der Waals surface area contributed by atoms with Gasteiger partial charge in [0.25, 0.3) is 10.0 Å². The summed E-state index contributed by atoms with van der Waals surface area (Å²) in [6.07, 6.45) is 16.7. The topological polar surface area (TPSA) is 312 Å². The van der Waals surface area contributed by atoms with E-state index in [1.165, 1.54) is 185 Å². The fourth-order valence-corrected chi connectivity index (χ4v) is 26.2. The first-order chi connectivity index (χ1) is 68.5. The van der Waals surface area contributed by atoms with Gasteiger partial charge in [0.2, 0.25) is 0 Å². The number of ether oxygens (including phenoxy) is 2. The molecule has 4 bridgehead atoms. The Bertz CT molecular complexity index is 5370. The van der Waals surface area contributed by atoms with Gasteiger partial charge in [-0.2, -0.15) is 0 Å². The van der Waals surface area contributed by atoms with Crippen LogP contribution in [0.3, 0.4) is 0 Å². The number of esters is 1. The van der Waals surface area contributed by atoms with Gasteiger partial charge < -0.3 is 54.8 Å². The molecule has 0 aliphatic heterocycles. The van der Waals surface area contributed by atoms with Crippen molar-refractivity contribution < 1.29 is 103 Å². The smallest absolute Gasteiger partial charge is 0.0619 e. The molecular weight excluding hydrogens is 1970 g/mol. The van der Waals surface area contributed by atoms with Crippen molar-refractivity contribution in [1.29, 1.82) is 0 Å². The Hall–Kier alpha value is -12.3. The maximum atomic E-state index is 12.8. The second kappa shape index (κ2) is 62.2. The molecule has 4 saturated carbocycles. The molecule has 13 aromatic rings. The third-order valence-electron chi connectivity index (χ3n) is 23.5. The van der Waals surface area contributed by atoms with E-state index in [4.69, 9.17) is 20.7 Å². The van der Waals surface area contributed by atoms with E-state index in [9.17, 15) is 57.2 Å². The number of nitrogens with two attached hydrogens (primary N) is 1. The molecule has 4 aliphatic rings. The second-order valence-corrected chi connectivity index (χ2v) is 45.6. The Morgan fingerprint density at radius 2 is 0.775 bits per heavy atom. The van der Waals surface area contributed by atoms with Crippen molar-refractivity contribution >= 4 is 84.3 Å². The average molecular weight is 2110 g/mol. The van der Waals surface area contributed by atoms with Crippen molar-refractivity contribution in [2.45, 2.75) is 195 Å². The molecule has 0 radical (unpaired) electrons. The van der Waals surface area contributed by atoms with E-state index in [1.807, 2.05) is 44.2 Å². The molecule has 4 fully saturated rings. The molecular formula is C118H135FIN3O15S4. The van der Waals surface area contributed by atoms with E-state index >= 15 is 0 Å². The van der Waals surface area contributed by atoms with Crippen LogP contribution in [0.15, 0.2) is 419 Å². The summed E-state index contributed by atoms with van der Waals surface area (Å²) >= 11 is -0.367. The minimum atomic E-state index is -3.60. The van der Waals surface area contributed by atoms with Crippen molar-refractivity contribution in [3.63, 3.8) is 0 Å². The average Bonchev–Trinajstić information content (AvgIpc) is 0.738. The number of carbonyl (C=O) groups excluding carboxylic acids is 4. The van der Waals surface area contributed by atoms with Gasteiger partial charge in [0.05, 0.1) is 87.8 Å². The van der Waals surface area contributed by atoms with Crippen molar-refractivity contribution in [3.8, 4) is 5.75 Å². The Labute approximate surface area is 858 Å². The summed E-state index contributed by atoms with van der Waals surface area (Å²) in [4.78, 5) is 67.4. The summed E-state index contributed by atoms with van der Waals surface area (Å²) in [6.45, 7) is 20.5. The monoisotopic (exact) mass is 2110 g/mol. The van der Waals surface area contributed by atoms with Crippen LogP contribution in [-0.4, -0.2) is 104 Å². The summed E-state index contributed by atoms with van der Waals surface area (Å²) in [6, 6.07) is 123. The number of hydrogen-bond acceptors (Lipinski definition) is 14. The van der Waals surface area contributed by atoms with E-state index in [1.54, 1.807) is 19.1 Å². The first-order valence-corrected chi connectivity index (χ1v) is 56.0. The number of carboxylic acids is 3. The van der Waals surface area contributed by atoms with Crippen LogP contribution in [0.1, 0.15) is 176 Å². The van der Waals surface area contributed by atoms with E-state index in [0.717, 1.165) is 35.2 Å². The number of carbonyl (C=O) groups is 5. The van der Waals surface area contributed by atoms with Crippen LogP contribution < -0.4 is 47.4 Å². The second-order valence-electron chi connectivity index (χ2n) is 34.9. The number of aliphatic carboxylic acids is 1. The van der Waals surface area contributed by atoms with Crippen LogP contribution in [0.25, 0.3) is 0 Å². The van der Waals surface area contributed by atoms with E-state index in [2.05, 4.69) is 322 Å². The number of para-hydroxylation sites is 1. The first kappa shape index (κ1) is 115. The molecule has 750 valence electrons.